The number of para-hydroxylation sites is 1. The first kappa shape index (κ1) is 12.6. The van der Waals surface area contributed by atoms with E-state index < -0.39 is 0 Å². The second kappa shape index (κ2) is 5.64. The number of hydrogen-bond donors (Lipinski definition) is 1. The quantitative estimate of drug-likeness (QED) is 0.872. The van der Waals surface area contributed by atoms with Crippen LogP contribution < -0.4 is 10.1 Å². The van der Waals surface area contributed by atoms with Crippen molar-refractivity contribution in [2.45, 2.75) is 19.6 Å². The van der Waals surface area contributed by atoms with E-state index in [0.29, 0.717) is 6.61 Å². The van der Waals surface area contributed by atoms with Crippen LogP contribution in [0.4, 0.5) is 0 Å². The van der Waals surface area contributed by atoms with E-state index in [-0.39, 0.29) is 6.04 Å². The molecule has 0 amide bonds. The Hall–Kier alpha value is -1.88. The van der Waals surface area contributed by atoms with Crippen LogP contribution in [0.2, 0.25) is 0 Å². The standard InChI is InChI=1S/C13H18N4O/c1-10(14-2)11-6-4-5-7-12(11)18-8-13-16-15-9-17(13)3/h4-7,9-10,14H,8H2,1-3H3. The van der Waals surface area contributed by atoms with Crippen LogP contribution >= 0.6 is 0 Å². The lowest BCUT2D eigenvalue weighted by atomic mass is 10.1. The third-order valence-corrected chi connectivity index (χ3v) is 2.98. The molecule has 0 radical (unpaired) electrons. The molecule has 1 heterocycles. The van der Waals surface area contributed by atoms with E-state index in [2.05, 4.69) is 28.5 Å². The fraction of sp³-hybridized carbons (Fsp3) is 0.385. The summed E-state index contributed by atoms with van der Waals surface area (Å²) in [4.78, 5) is 0. The second-order valence-electron chi connectivity index (χ2n) is 4.19. The van der Waals surface area contributed by atoms with Gasteiger partial charge in [0.2, 0.25) is 0 Å². The van der Waals surface area contributed by atoms with Crippen molar-refractivity contribution in [2.24, 2.45) is 7.05 Å². The fourth-order valence-electron chi connectivity index (χ4n) is 1.71. The van der Waals surface area contributed by atoms with Gasteiger partial charge in [0.1, 0.15) is 18.7 Å². The van der Waals surface area contributed by atoms with Gasteiger partial charge in [0.05, 0.1) is 0 Å². The molecule has 96 valence electrons. The summed E-state index contributed by atoms with van der Waals surface area (Å²) in [5, 5.41) is 11.0. The number of hydrogen-bond acceptors (Lipinski definition) is 4. The molecule has 0 saturated carbocycles. The number of aromatic nitrogens is 3. The van der Waals surface area contributed by atoms with Crippen molar-refractivity contribution in [3.05, 3.63) is 42.0 Å². The first-order valence-electron chi connectivity index (χ1n) is 5.94. The first-order chi connectivity index (χ1) is 8.72. The molecule has 18 heavy (non-hydrogen) atoms. The number of aryl methyl sites for hydroxylation is 1. The van der Waals surface area contributed by atoms with E-state index in [1.165, 1.54) is 0 Å². The van der Waals surface area contributed by atoms with Gasteiger partial charge in [0, 0.05) is 18.7 Å². The maximum absolute atomic E-state index is 5.82. The number of ether oxygens (including phenoxy) is 1. The average Bonchev–Trinajstić information content (AvgIpc) is 2.81. The fourth-order valence-corrected chi connectivity index (χ4v) is 1.71. The molecule has 1 aromatic carbocycles. The molecule has 0 aliphatic heterocycles. The summed E-state index contributed by atoms with van der Waals surface area (Å²) in [5.41, 5.74) is 1.14. The van der Waals surface area contributed by atoms with Gasteiger partial charge in [-0.1, -0.05) is 18.2 Å². The van der Waals surface area contributed by atoms with Gasteiger partial charge in [-0.2, -0.15) is 0 Å². The smallest absolute Gasteiger partial charge is 0.170 e. The summed E-state index contributed by atoms with van der Waals surface area (Å²) in [5.74, 6) is 1.68. The van der Waals surface area contributed by atoms with Gasteiger partial charge in [-0.25, -0.2) is 0 Å². The molecule has 0 aliphatic carbocycles. The van der Waals surface area contributed by atoms with Gasteiger partial charge in [0.25, 0.3) is 0 Å². The molecule has 1 N–H and O–H groups in total. The zero-order valence-corrected chi connectivity index (χ0v) is 10.9. The molecule has 0 spiro atoms. The third kappa shape index (κ3) is 2.68. The van der Waals surface area contributed by atoms with E-state index in [9.17, 15) is 0 Å². The van der Waals surface area contributed by atoms with Crippen LogP contribution in [0.1, 0.15) is 24.4 Å². The van der Waals surface area contributed by atoms with Crippen LogP contribution in [0.3, 0.4) is 0 Å². The molecule has 5 nitrogen and oxygen atoms in total. The predicted molar refractivity (Wildman–Crippen MR) is 69.3 cm³/mol. The Morgan fingerprint density at radius 1 is 1.39 bits per heavy atom. The number of nitrogens with one attached hydrogen (secondary N) is 1. The van der Waals surface area contributed by atoms with Crippen LogP contribution in [0, 0.1) is 0 Å². The molecule has 0 fully saturated rings. The normalized spacial score (nSPS) is 12.4. The Labute approximate surface area is 107 Å². The van der Waals surface area contributed by atoms with E-state index in [4.69, 9.17) is 4.74 Å². The van der Waals surface area contributed by atoms with Crippen molar-refractivity contribution in [1.82, 2.24) is 20.1 Å². The Morgan fingerprint density at radius 3 is 2.83 bits per heavy atom. The number of benzene rings is 1. The molecule has 0 saturated heterocycles. The highest BCUT2D eigenvalue weighted by Gasteiger charge is 2.10. The summed E-state index contributed by atoms with van der Waals surface area (Å²) in [6.45, 7) is 2.52. The molecule has 5 heteroatoms. The molecule has 1 atom stereocenters. The molecular weight excluding hydrogens is 228 g/mol. The van der Waals surface area contributed by atoms with Gasteiger partial charge < -0.3 is 14.6 Å². The van der Waals surface area contributed by atoms with Gasteiger partial charge in [-0.15, -0.1) is 10.2 Å². The van der Waals surface area contributed by atoms with Crippen LogP contribution in [0.25, 0.3) is 0 Å². The van der Waals surface area contributed by atoms with E-state index >= 15 is 0 Å². The van der Waals surface area contributed by atoms with Crippen LogP contribution in [0.15, 0.2) is 30.6 Å². The topological polar surface area (TPSA) is 52.0 Å². The van der Waals surface area contributed by atoms with Crippen LogP contribution in [0.5, 0.6) is 5.75 Å². The van der Waals surface area contributed by atoms with E-state index in [1.807, 2.05) is 36.9 Å². The zero-order chi connectivity index (χ0) is 13.0. The highest BCUT2D eigenvalue weighted by molar-refractivity contribution is 5.35. The Morgan fingerprint density at radius 2 is 2.17 bits per heavy atom. The summed E-state index contributed by atoms with van der Waals surface area (Å²) in [6.07, 6.45) is 1.67. The van der Waals surface area contributed by atoms with E-state index in [1.54, 1.807) is 6.33 Å². The van der Waals surface area contributed by atoms with Crippen molar-refractivity contribution < 1.29 is 4.74 Å². The second-order valence-corrected chi connectivity index (χ2v) is 4.19. The summed E-state index contributed by atoms with van der Waals surface area (Å²) < 4.78 is 7.67. The maximum atomic E-state index is 5.82. The van der Waals surface area contributed by atoms with Crippen molar-refractivity contribution >= 4 is 0 Å². The van der Waals surface area contributed by atoms with E-state index in [0.717, 1.165) is 17.1 Å². The van der Waals surface area contributed by atoms with Gasteiger partial charge in [-0.3, -0.25) is 0 Å². The highest BCUT2D eigenvalue weighted by atomic mass is 16.5. The minimum atomic E-state index is 0.251. The Bertz CT molecular complexity index is 509. The lowest BCUT2D eigenvalue weighted by Crippen LogP contribution is -2.14. The highest BCUT2D eigenvalue weighted by Crippen LogP contribution is 2.24. The lowest BCUT2D eigenvalue weighted by Gasteiger charge is -2.16. The molecular formula is C13H18N4O. The minimum absolute atomic E-state index is 0.251. The molecule has 2 rings (SSSR count). The third-order valence-electron chi connectivity index (χ3n) is 2.98. The molecule has 0 aliphatic rings. The summed E-state index contributed by atoms with van der Waals surface area (Å²) in [6, 6.07) is 8.27. The Balaban J connectivity index is 2.12. The van der Waals surface area contributed by atoms with Crippen molar-refractivity contribution in [2.75, 3.05) is 7.05 Å². The number of rotatable bonds is 5. The Kier molecular flexibility index (Phi) is 3.94. The van der Waals surface area contributed by atoms with Crippen LogP contribution in [-0.2, 0) is 13.7 Å². The number of nitrogens with zero attached hydrogens (tertiary/aromatic N) is 3. The molecule has 1 unspecified atom stereocenters. The maximum Gasteiger partial charge on any atom is 0.170 e. The van der Waals surface area contributed by atoms with Crippen molar-refractivity contribution in [3.8, 4) is 5.75 Å². The van der Waals surface area contributed by atoms with Gasteiger partial charge >= 0.3 is 0 Å². The summed E-state index contributed by atoms with van der Waals surface area (Å²) >= 11 is 0. The van der Waals surface area contributed by atoms with Crippen LogP contribution in [-0.4, -0.2) is 21.8 Å². The van der Waals surface area contributed by atoms with Gasteiger partial charge in [-0.05, 0) is 20.0 Å². The average molecular weight is 246 g/mol. The molecule has 0 bridgehead atoms. The molecule has 1 aromatic heterocycles. The lowest BCUT2D eigenvalue weighted by molar-refractivity contribution is 0.286. The van der Waals surface area contributed by atoms with Gasteiger partial charge in [0.15, 0.2) is 5.82 Å². The van der Waals surface area contributed by atoms with Crippen molar-refractivity contribution in [1.29, 1.82) is 0 Å². The monoisotopic (exact) mass is 246 g/mol. The first-order valence-corrected chi connectivity index (χ1v) is 5.94. The molecule has 2 aromatic rings. The predicted octanol–water partition coefficient (Wildman–Crippen LogP) is 1.67. The van der Waals surface area contributed by atoms with Crippen molar-refractivity contribution in [3.63, 3.8) is 0 Å². The largest absolute Gasteiger partial charge is 0.485 e. The zero-order valence-electron chi connectivity index (χ0n) is 10.9. The SMILES string of the molecule is CNC(C)c1ccccc1OCc1nncn1C. The minimum Gasteiger partial charge on any atom is -0.485 e. The summed E-state index contributed by atoms with van der Waals surface area (Å²) in [7, 11) is 3.84.